The van der Waals surface area contributed by atoms with E-state index in [1.54, 1.807) is 12.1 Å². The maximum absolute atomic E-state index is 13.1. The Morgan fingerprint density at radius 3 is 2.50 bits per heavy atom. The molecule has 2 aliphatic heterocycles. The zero-order valence-corrected chi connectivity index (χ0v) is 17.7. The lowest BCUT2D eigenvalue weighted by Gasteiger charge is -2.31. The predicted octanol–water partition coefficient (Wildman–Crippen LogP) is 2.01. The van der Waals surface area contributed by atoms with Crippen molar-refractivity contribution in [3.8, 4) is 5.75 Å². The number of benzene rings is 1. The van der Waals surface area contributed by atoms with Crippen molar-refractivity contribution in [3.05, 3.63) is 23.3 Å². The van der Waals surface area contributed by atoms with Crippen LogP contribution in [-0.4, -0.2) is 58.1 Å². The summed E-state index contributed by atoms with van der Waals surface area (Å²) in [6, 6.07) is 3.43. The number of hydrogen-bond acceptors (Lipinski definition) is 5. The molecule has 0 aromatic heterocycles. The van der Waals surface area contributed by atoms with Crippen molar-refractivity contribution < 1.29 is 22.7 Å². The Bertz CT molecular complexity index is 810. The number of carbonyl (C=O) groups is 1. The van der Waals surface area contributed by atoms with Crippen LogP contribution in [0.2, 0.25) is 0 Å². The second kappa shape index (κ2) is 8.80. The normalized spacial score (nSPS) is 21.6. The molecule has 156 valence electrons. The van der Waals surface area contributed by atoms with E-state index >= 15 is 0 Å². The Hall–Kier alpha value is -1.64. The Balaban J connectivity index is 1.62. The van der Waals surface area contributed by atoms with Crippen molar-refractivity contribution in [2.24, 2.45) is 5.92 Å². The van der Waals surface area contributed by atoms with Crippen molar-refractivity contribution in [2.75, 3.05) is 33.4 Å². The van der Waals surface area contributed by atoms with Crippen LogP contribution < -0.4 is 10.1 Å². The highest BCUT2D eigenvalue weighted by Crippen LogP contribution is 2.32. The molecule has 2 heterocycles. The number of hydrogen-bond donors (Lipinski definition) is 1. The molecule has 1 amide bonds. The van der Waals surface area contributed by atoms with Gasteiger partial charge in [-0.05, 0) is 62.8 Å². The van der Waals surface area contributed by atoms with E-state index in [0.717, 1.165) is 30.6 Å². The Morgan fingerprint density at radius 2 is 1.89 bits per heavy atom. The molecule has 0 aliphatic carbocycles. The summed E-state index contributed by atoms with van der Waals surface area (Å²) in [7, 11) is -2.18. The highest BCUT2D eigenvalue weighted by Gasteiger charge is 2.34. The fraction of sp³-hybridized carbons (Fsp3) is 0.650. The van der Waals surface area contributed by atoms with Crippen molar-refractivity contribution in [1.82, 2.24) is 9.62 Å². The van der Waals surface area contributed by atoms with Gasteiger partial charge in [0.15, 0.2) is 0 Å². The number of rotatable bonds is 6. The first-order chi connectivity index (χ1) is 13.3. The van der Waals surface area contributed by atoms with Gasteiger partial charge in [-0.25, -0.2) is 8.42 Å². The van der Waals surface area contributed by atoms with Crippen LogP contribution in [0, 0.1) is 19.8 Å². The van der Waals surface area contributed by atoms with E-state index in [1.807, 2.05) is 13.8 Å². The number of carbonyl (C=O) groups excluding carboxylic acids is 1. The van der Waals surface area contributed by atoms with Crippen LogP contribution >= 0.6 is 0 Å². The minimum absolute atomic E-state index is 0.00342. The molecule has 1 unspecified atom stereocenters. The smallest absolute Gasteiger partial charge is 0.246 e. The number of amides is 1. The van der Waals surface area contributed by atoms with Gasteiger partial charge in [-0.15, -0.1) is 0 Å². The van der Waals surface area contributed by atoms with Crippen LogP contribution in [0.5, 0.6) is 5.75 Å². The molecule has 7 nitrogen and oxygen atoms in total. The summed E-state index contributed by atoms with van der Waals surface area (Å²) in [4.78, 5) is 12.6. The maximum atomic E-state index is 13.1. The lowest BCUT2D eigenvalue weighted by atomic mass is 9.97. The molecule has 2 saturated heterocycles. The van der Waals surface area contributed by atoms with Crippen molar-refractivity contribution >= 4 is 15.9 Å². The minimum atomic E-state index is -3.66. The van der Waals surface area contributed by atoms with E-state index in [0.29, 0.717) is 38.2 Å². The summed E-state index contributed by atoms with van der Waals surface area (Å²) >= 11 is 0. The van der Waals surface area contributed by atoms with Gasteiger partial charge in [-0.1, -0.05) is 0 Å². The van der Waals surface area contributed by atoms with Crippen LogP contribution in [-0.2, 0) is 19.6 Å². The van der Waals surface area contributed by atoms with E-state index < -0.39 is 10.0 Å². The Morgan fingerprint density at radius 1 is 1.21 bits per heavy atom. The van der Waals surface area contributed by atoms with Gasteiger partial charge in [-0.2, -0.15) is 4.31 Å². The number of ether oxygens (including phenoxy) is 2. The number of sulfonamides is 1. The molecule has 2 fully saturated rings. The van der Waals surface area contributed by atoms with Gasteiger partial charge >= 0.3 is 0 Å². The average Bonchev–Trinajstić information content (AvgIpc) is 3.21. The fourth-order valence-corrected chi connectivity index (χ4v) is 5.48. The molecule has 0 bridgehead atoms. The van der Waals surface area contributed by atoms with Gasteiger partial charge in [0.1, 0.15) is 10.6 Å². The quantitative estimate of drug-likeness (QED) is 0.775. The van der Waals surface area contributed by atoms with E-state index in [2.05, 4.69) is 5.32 Å². The summed E-state index contributed by atoms with van der Waals surface area (Å²) in [5, 5.41) is 2.96. The Labute approximate surface area is 167 Å². The van der Waals surface area contributed by atoms with Gasteiger partial charge in [0, 0.05) is 32.2 Å². The number of nitrogens with one attached hydrogen (secondary N) is 1. The highest BCUT2D eigenvalue weighted by molar-refractivity contribution is 7.89. The third-order valence-electron chi connectivity index (χ3n) is 5.75. The van der Waals surface area contributed by atoms with Crippen molar-refractivity contribution in [1.29, 1.82) is 0 Å². The molecule has 3 rings (SSSR count). The molecule has 1 N–H and O–H groups in total. The maximum Gasteiger partial charge on any atom is 0.246 e. The zero-order valence-electron chi connectivity index (χ0n) is 16.9. The zero-order chi connectivity index (χ0) is 20.3. The molecule has 8 heteroatoms. The highest BCUT2D eigenvalue weighted by atomic mass is 32.2. The number of aryl methyl sites for hydroxylation is 2. The van der Waals surface area contributed by atoms with Gasteiger partial charge in [0.05, 0.1) is 13.2 Å². The van der Waals surface area contributed by atoms with Gasteiger partial charge in [-0.3, -0.25) is 4.79 Å². The van der Waals surface area contributed by atoms with E-state index in [-0.39, 0.29) is 22.8 Å². The average molecular weight is 411 g/mol. The summed E-state index contributed by atoms with van der Waals surface area (Å²) in [5.74, 6) is 0.199. The number of methoxy groups -OCH3 is 1. The molecule has 1 aromatic carbocycles. The molecule has 1 aromatic rings. The summed E-state index contributed by atoms with van der Waals surface area (Å²) in [6.07, 6.45) is 3.17. The molecule has 0 saturated carbocycles. The molecule has 28 heavy (non-hydrogen) atoms. The minimum Gasteiger partial charge on any atom is -0.495 e. The van der Waals surface area contributed by atoms with E-state index in [9.17, 15) is 13.2 Å². The van der Waals surface area contributed by atoms with Crippen LogP contribution in [0.15, 0.2) is 17.0 Å². The first kappa shape index (κ1) is 21.1. The van der Waals surface area contributed by atoms with Gasteiger partial charge < -0.3 is 14.8 Å². The van der Waals surface area contributed by atoms with Crippen molar-refractivity contribution in [3.63, 3.8) is 0 Å². The fourth-order valence-electron chi connectivity index (χ4n) is 3.79. The van der Waals surface area contributed by atoms with Gasteiger partial charge in [0.2, 0.25) is 15.9 Å². The summed E-state index contributed by atoms with van der Waals surface area (Å²) < 4.78 is 38.6. The molecular weight excluding hydrogens is 380 g/mol. The molecule has 1 atom stereocenters. The van der Waals surface area contributed by atoms with Crippen LogP contribution in [0.4, 0.5) is 0 Å². The topological polar surface area (TPSA) is 84.9 Å². The van der Waals surface area contributed by atoms with Gasteiger partial charge in [0.25, 0.3) is 0 Å². The monoisotopic (exact) mass is 410 g/mol. The third kappa shape index (κ3) is 4.50. The second-order valence-electron chi connectivity index (χ2n) is 7.65. The van der Waals surface area contributed by atoms with Crippen LogP contribution in [0.1, 0.15) is 36.8 Å². The molecule has 0 spiro atoms. The molecular formula is C20H30N2O5S. The van der Waals surface area contributed by atoms with Crippen LogP contribution in [0.25, 0.3) is 0 Å². The lowest BCUT2D eigenvalue weighted by molar-refractivity contribution is -0.126. The molecule has 0 radical (unpaired) electrons. The number of piperidine rings is 1. The number of nitrogens with zero attached hydrogens (tertiary/aromatic N) is 1. The van der Waals surface area contributed by atoms with Crippen LogP contribution in [0.3, 0.4) is 0 Å². The Kier molecular flexibility index (Phi) is 6.62. The summed E-state index contributed by atoms with van der Waals surface area (Å²) in [6.45, 7) is 5.77. The standard InChI is InChI=1S/C20H30N2O5S/c1-14-11-18(26-3)19(12-15(14)2)28(24,25)22-8-6-16(7-9-22)20(23)21-13-17-5-4-10-27-17/h11-12,16-17H,4-10,13H2,1-3H3,(H,21,23). The first-order valence-corrected chi connectivity index (χ1v) is 11.3. The lowest BCUT2D eigenvalue weighted by Crippen LogP contribution is -2.44. The largest absolute Gasteiger partial charge is 0.495 e. The predicted molar refractivity (Wildman–Crippen MR) is 106 cm³/mol. The third-order valence-corrected chi connectivity index (χ3v) is 7.67. The SMILES string of the molecule is COc1cc(C)c(C)cc1S(=O)(=O)N1CCC(C(=O)NCC2CCCO2)CC1. The summed E-state index contributed by atoms with van der Waals surface area (Å²) in [5.41, 5.74) is 1.89. The van der Waals surface area contributed by atoms with E-state index in [4.69, 9.17) is 9.47 Å². The second-order valence-corrected chi connectivity index (χ2v) is 9.55. The molecule has 2 aliphatic rings. The van der Waals surface area contributed by atoms with Crippen molar-refractivity contribution in [2.45, 2.75) is 50.5 Å². The first-order valence-electron chi connectivity index (χ1n) is 9.87. The van der Waals surface area contributed by atoms with E-state index in [1.165, 1.54) is 11.4 Å².